The van der Waals surface area contributed by atoms with Gasteiger partial charge < -0.3 is 9.73 Å². The highest BCUT2D eigenvalue weighted by molar-refractivity contribution is 6.30. The molecule has 0 saturated heterocycles. The van der Waals surface area contributed by atoms with Gasteiger partial charge in [0.05, 0.1) is 12.5 Å². The summed E-state index contributed by atoms with van der Waals surface area (Å²) >= 11 is 5.89. The maximum Gasteiger partial charge on any atom is 0.220 e. The first kappa shape index (κ1) is 13.7. The molecule has 0 saturated carbocycles. The van der Waals surface area contributed by atoms with Crippen LogP contribution in [0, 0.1) is 0 Å². The maximum atomic E-state index is 11.7. The SMILES string of the molecule is O=C(CCc1cccc(Cl)c1)NCCc1ccoc1. The third-order valence-electron chi connectivity index (χ3n) is 2.85. The van der Waals surface area contributed by atoms with E-state index in [9.17, 15) is 4.79 Å². The van der Waals surface area contributed by atoms with E-state index >= 15 is 0 Å². The number of furan rings is 1. The molecule has 1 N–H and O–H groups in total. The van der Waals surface area contributed by atoms with Crippen LogP contribution in [-0.4, -0.2) is 12.5 Å². The Bertz CT molecular complexity index is 523. The summed E-state index contributed by atoms with van der Waals surface area (Å²) in [6.45, 7) is 0.633. The molecule has 1 heterocycles. The minimum absolute atomic E-state index is 0.0588. The van der Waals surface area contributed by atoms with Gasteiger partial charge in [-0.15, -0.1) is 0 Å². The van der Waals surface area contributed by atoms with Gasteiger partial charge in [-0.1, -0.05) is 23.7 Å². The predicted octanol–water partition coefficient (Wildman–Crippen LogP) is 3.22. The summed E-state index contributed by atoms with van der Waals surface area (Å²) in [5.74, 6) is 0.0588. The highest BCUT2D eigenvalue weighted by Crippen LogP contribution is 2.12. The Hall–Kier alpha value is -1.74. The van der Waals surface area contributed by atoms with Crippen LogP contribution in [0.1, 0.15) is 17.5 Å². The fourth-order valence-corrected chi connectivity index (χ4v) is 2.03. The van der Waals surface area contributed by atoms with Crippen LogP contribution in [0.3, 0.4) is 0 Å². The lowest BCUT2D eigenvalue weighted by molar-refractivity contribution is -0.121. The lowest BCUT2D eigenvalue weighted by Gasteiger charge is -2.04. The molecule has 0 aliphatic rings. The summed E-state index contributed by atoms with van der Waals surface area (Å²) in [6, 6.07) is 9.49. The van der Waals surface area contributed by atoms with Gasteiger partial charge in [-0.3, -0.25) is 4.79 Å². The van der Waals surface area contributed by atoms with E-state index in [1.54, 1.807) is 12.5 Å². The Morgan fingerprint density at radius 1 is 1.21 bits per heavy atom. The monoisotopic (exact) mass is 277 g/mol. The molecule has 0 bridgehead atoms. The molecule has 2 aromatic rings. The predicted molar refractivity (Wildman–Crippen MR) is 75.2 cm³/mol. The number of rotatable bonds is 6. The molecule has 100 valence electrons. The average Bonchev–Trinajstić information content (AvgIpc) is 2.90. The van der Waals surface area contributed by atoms with Crippen molar-refractivity contribution in [1.82, 2.24) is 5.32 Å². The van der Waals surface area contributed by atoms with Crippen molar-refractivity contribution in [2.45, 2.75) is 19.3 Å². The van der Waals surface area contributed by atoms with Gasteiger partial charge in [-0.25, -0.2) is 0 Å². The number of hydrogen-bond acceptors (Lipinski definition) is 2. The van der Waals surface area contributed by atoms with Crippen molar-refractivity contribution in [1.29, 1.82) is 0 Å². The van der Waals surface area contributed by atoms with E-state index < -0.39 is 0 Å². The van der Waals surface area contributed by atoms with Gasteiger partial charge in [-0.2, -0.15) is 0 Å². The molecule has 0 fully saturated rings. The Balaban J connectivity index is 1.67. The number of amides is 1. The number of carbonyl (C=O) groups excluding carboxylic acids is 1. The molecule has 0 aliphatic carbocycles. The standard InChI is InChI=1S/C15H16ClNO2/c16-14-3-1-2-12(10-14)4-5-15(18)17-8-6-13-7-9-19-11-13/h1-3,7,9-11H,4-6,8H2,(H,17,18). The topological polar surface area (TPSA) is 42.2 Å². The van der Waals surface area contributed by atoms with Crippen molar-refractivity contribution in [3.05, 3.63) is 59.0 Å². The Labute approximate surface area is 117 Å². The number of nitrogens with one attached hydrogen (secondary N) is 1. The van der Waals surface area contributed by atoms with Crippen molar-refractivity contribution in [3.63, 3.8) is 0 Å². The summed E-state index contributed by atoms with van der Waals surface area (Å²) in [5, 5.41) is 3.60. The molecule has 0 aliphatic heterocycles. The molecule has 0 radical (unpaired) electrons. The minimum atomic E-state index is 0.0588. The van der Waals surface area contributed by atoms with Crippen LogP contribution in [-0.2, 0) is 17.6 Å². The third-order valence-corrected chi connectivity index (χ3v) is 3.08. The Morgan fingerprint density at radius 2 is 2.11 bits per heavy atom. The summed E-state index contributed by atoms with van der Waals surface area (Å²) in [6.07, 6.45) is 5.30. The maximum absolute atomic E-state index is 11.7. The molecule has 0 unspecified atom stereocenters. The summed E-state index contributed by atoms with van der Waals surface area (Å²) in [4.78, 5) is 11.7. The molecule has 1 aromatic heterocycles. The van der Waals surface area contributed by atoms with Crippen LogP contribution in [0.2, 0.25) is 5.02 Å². The van der Waals surface area contributed by atoms with Crippen molar-refractivity contribution in [2.24, 2.45) is 0 Å². The molecule has 4 heteroatoms. The quantitative estimate of drug-likeness (QED) is 0.881. The highest BCUT2D eigenvalue weighted by Gasteiger charge is 2.03. The molecule has 1 aromatic carbocycles. The fraction of sp³-hybridized carbons (Fsp3) is 0.267. The summed E-state index contributed by atoms with van der Waals surface area (Å²) < 4.78 is 4.96. The smallest absolute Gasteiger partial charge is 0.220 e. The van der Waals surface area contributed by atoms with Crippen LogP contribution in [0.4, 0.5) is 0 Å². The van der Waals surface area contributed by atoms with Gasteiger partial charge in [0, 0.05) is 18.0 Å². The first-order valence-corrected chi connectivity index (χ1v) is 6.64. The van der Waals surface area contributed by atoms with Gasteiger partial charge in [0.2, 0.25) is 5.91 Å². The first-order chi connectivity index (χ1) is 9.24. The fourth-order valence-electron chi connectivity index (χ4n) is 1.82. The van der Waals surface area contributed by atoms with Gasteiger partial charge in [0.15, 0.2) is 0 Å². The average molecular weight is 278 g/mol. The number of carbonyl (C=O) groups is 1. The van der Waals surface area contributed by atoms with Crippen LogP contribution < -0.4 is 5.32 Å². The van der Waals surface area contributed by atoms with Crippen molar-refractivity contribution in [2.75, 3.05) is 6.54 Å². The van der Waals surface area contributed by atoms with E-state index in [-0.39, 0.29) is 5.91 Å². The normalized spacial score (nSPS) is 10.4. The minimum Gasteiger partial charge on any atom is -0.472 e. The van der Waals surface area contributed by atoms with Crippen LogP contribution in [0.5, 0.6) is 0 Å². The number of halogens is 1. The van der Waals surface area contributed by atoms with Crippen molar-refractivity contribution >= 4 is 17.5 Å². The van der Waals surface area contributed by atoms with E-state index in [4.69, 9.17) is 16.0 Å². The largest absolute Gasteiger partial charge is 0.472 e. The Kier molecular flexibility index (Phi) is 5.04. The van der Waals surface area contributed by atoms with Crippen molar-refractivity contribution < 1.29 is 9.21 Å². The molecule has 1 amide bonds. The molecule has 2 rings (SSSR count). The van der Waals surface area contributed by atoms with Gasteiger partial charge >= 0.3 is 0 Å². The Morgan fingerprint density at radius 3 is 2.84 bits per heavy atom. The first-order valence-electron chi connectivity index (χ1n) is 6.26. The zero-order valence-electron chi connectivity index (χ0n) is 10.6. The van der Waals surface area contributed by atoms with E-state index in [2.05, 4.69) is 5.32 Å². The second-order valence-corrected chi connectivity index (χ2v) is 4.80. The van der Waals surface area contributed by atoms with Gasteiger partial charge in [0.1, 0.15) is 0 Å². The van der Waals surface area contributed by atoms with E-state index in [1.165, 1.54) is 0 Å². The number of benzene rings is 1. The second-order valence-electron chi connectivity index (χ2n) is 4.36. The van der Waals surface area contributed by atoms with Gasteiger partial charge in [0.25, 0.3) is 0 Å². The van der Waals surface area contributed by atoms with Crippen LogP contribution >= 0.6 is 11.6 Å². The van der Waals surface area contributed by atoms with E-state index in [0.717, 1.165) is 17.5 Å². The molecule has 0 spiro atoms. The number of aryl methyl sites for hydroxylation is 1. The molecule has 19 heavy (non-hydrogen) atoms. The summed E-state index contributed by atoms with van der Waals surface area (Å²) in [7, 11) is 0. The van der Waals surface area contributed by atoms with Gasteiger partial charge in [-0.05, 0) is 42.2 Å². The second kappa shape index (κ2) is 7.00. The molecular formula is C15H16ClNO2. The van der Waals surface area contributed by atoms with Crippen LogP contribution in [0.25, 0.3) is 0 Å². The molecule has 3 nitrogen and oxygen atoms in total. The van der Waals surface area contributed by atoms with Crippen LogP contribution in [0.15, 0.2) is 47.3 Å². The highest BCUT2D eigenvalue weighted by atomic mass is 35.5. The molecular weight excluding hydrogens is 262 g/mol. The third kappa shape index (κ3) is 4.79. The van der Waals surface area contributed by atoms with Crippen molar-refractivity contribution in [3.8, 4) is 0 Å². The lowest BCUT2D eigenvalue weighted by Crippen LogP contribution is -2.25. The summed E-state index contributed by atoms with van der Waals surface area (Å²) in [5.41, 5.74) is 2.17. The zero-order valence-corrected chi connectivity index (χ0v) is 11.3. The zero-order chi connectivity index (χ0) is 13.5. The van der Waals surface area contributed by atoms with E-state index in [0.29, 0.717) is 24.4 Å². The van der Waals surface area contributed by atoms with E-state index in [1.807, 2.05) is 30.3 Å². The molecule has 0 atom stereocenters. The number of hydrogen-bond donors (Lipinski definition) is 1. The lowest BCUT2D eigenvalue weighted by atomic mass is 10.1.